The van der Waals surface area contributed by atoms with E-state index in [9.17, 15) is 0 Å². The zero-order chi connectivity index (χ0) is 21.4. The van der Waals surface area contributed by atoms with E-state index in [2.05, 4.69) is 50.6 Å². The van der Waals surface area contributed by atoms with Crippen LogP contribution in [0, 0.1) is 0 Å². The number of hydrogen-bond acceptors (Lipinski definition) is 7. The number of allylic oxidation sites excluding steroid dienone is 2. The van der Waals surface area contributed by atoms with Gasteiger partial charge in [-0.1, -0.05) is 18.2 Å². The summed E-state index contributed by atoms with van der Waals surface area (Å²) in [5.41, 5.74) is 6.02. The van der Waals surface area contributed by atoms with E-state index in [4.69, 9.17) is 0 Å². The predicted octanol–water partition coefficient (Wildman–Crippen LogP) is 3.84. The molecule has 0 amide bonds. The fourth-order valence-corrected chi connectivity index (χ4v) is 3.24. The molecule has 2 heterocycles. The van der Waals surface area contributed by atoms with Crippen molar-refractivity contribution in [2.45, 2.75) is 26.3 Å². The fourth-order valence-electron chi connectivity index (χ4n) is 3.24. The van der Waals surface area contributed by atoms with Gasteiger partial charge in [-0.25, -0.2) is 10.1 Å². The Morgan fingerprint density at radius 1 is 1.23 bits per heavy atom. The Morgan fingerprint density at radius 3 is 2.80 bits per heavy atom. The van der Waals surface area contributed by atoms with Gasteiger partial charge in [0.05, 0.1) is 17.6 Å². The number of hydrazone groups is 1. The summed E-state index contributed by atoms with van der Waals surface area (Å²) >= 11 is 0. The van der Waals surface area contributed by atoms with Crippen molar-refractivity contribution in [3.63, 3.8) is 0 Å². The zero-order valence-electron chi connectivity index (χ0n) is 18.2. The SMILES string of the molecule is C/C=C/C=Nc1ccccc1NN(C)/N=C/c1ccc(N2CCNC(C)(C)C2)nc1. The summed E-state index contributed by atoms with van der Waals surface area (Å²) in [6, 6.07) is 12.0. The fraction of sp³-hybridized carbons (Fsp3) is 0.348. The van der Waals surface area contributed by atoms with Gasteiger partial charge < -0.3 is 10.2 Å². The smallest absolute Gasteiger partial charge is 0.128 e. The summed E-state index contributed by atoms with van der Waals surface area (Å²) in [7, 11) is 1.85. The van der Waals surface area contributed by atoms with E-state index in [1.807, 2.05) is 62.7 Å². The summed E-state index contributed by atoms with van der Waals surface area (Å²) in [6.45, 7) is 9.27. The third-order valence-electron chi connectivity index (χ3n) is 4.72. The van der Waals surface area contributed by atoms with Gasteiger partial charge in [0.15, 0.2) is 0 Å². The van der Waals surface area contributed by atoms with Crippen LogP contribution >= 0.6 is 0 Å². The normalized spacial score (nSPS) is 16.6. The van der Waals surface area contributed by atoms with Gasteiger partial charge in [0.2, 0.25) is 0 Å². The largest absolute Gasteiger partial charge is 0.354 e. The van der Waals surface area contributed by atoms with Crippen LogP contribution in [0.25, 0.3) is 0 Å². The molecule has 30 heavy (non-hydrogen) atoms. The number of para-hydroxylation sites is 2. The number of benzene rings is 1. The van der Waals surface area contributed by atoms with Crippen LogP contribution in [-0.2, 0) is 0 Å². The first kappa shape index (κ1) is 21.5. The number of anilines is 2. The van der Waals surface area contributed by atoms with Gasteiger partial charge in [-0.2, -0.15) is 5.10 Å². The molecule has 7 nitrogen and oxygen atoms in total. The maximum Gasteiger partial charge on any atom is 0.128 e. The first-order chi connectivity index (χ1) is 14.5. The van der Waals surface area contributed by atoms with E-state index in [1.165, 1.54) is 0 Å². The van der Waals surface area contributed by atoms with Crippen molar-refractivity contribution in [2.75, 3.05) is 37.0 Å². The van der Waals surface area contributed by atoms with Crippen molar-refractivity contribution in [2.24, 2.45) is 10.1 Å². The van der Waals surface area contributed by atoms with Crippen molar-refractivity contribution in [3.05, 3.63) is 60.3 Å². The lowest BCUT2D eigenvalue weighted by atomic mass is 10.0. The highest BCUT2D eigenvalue weighted by Gasteiger charge is 2.26. The minimum Gasteiger partial charge on any atom is -0.354 e. The van der Waals surface area contributed by atoms with Gasteiger partial charge in [-0.05, 0) is 51.1 Å². The number of piperazine rings is 1. The minimum atomic E-state index is 0.0988. The summed E-state index contributed by atoms with van der Waals surface area (Å²) in [5, 5.41) is 9.65. The average Bonchev–Trinajstić information content (AvgIpc) is 2.73. The maximum atomic E-state index is 4.63. The van der Waals surface area contributed by atoms with Crippen LogP contribution in [0.4, 0.5) is 17.2 Å². The van der Waals surface area contributed by atoms with Crippen molar-refractivity contribution in [3.8, 4) is 0 Å². The number of aromatic nitrogens is 1. The molecular formula is C23H31N7. The zero-order valence-corrected chi connectivity index (χ0v) is 18.2. The van der Waals surface area contributed by atoms with Crippen molar-refractivity contribution in [1.29, 1.82) is 0 Å². The van der Waals surface area contributed by atoms with Gasteiger partial charge in [-0.15, -0.1) is 0 Å². The Kier molecular flexibility index (Phi) is 7.19. The highest BCUT2D eigenvalue weighted by atomic mass is 15.7. The second-order valence-electron chi connectivity index (χ2n) is 7.88. The van der Waals surface area contributed by atoms with Crippen LogP contribution in [-0.4, -0.2) is 54.8 Å². The van der Waals surface area contributed by atoms with E-state index in [1.54, 1.807) is 17.5 Å². The second-order valence-corrected chi connectivity index (χ2v) is 7.88. The Labute approximate surface area is 179 Å². The molecule has 1 aliphatic heterocycles. The summed E-state index contributed by atoms with van der Waals surface area (Å²) in [4.78, 5) is 11.4. The monoisotopic (exact) mass is 405 g/mol. The summed E-state index contributed by atoms with van der Waals surface area (Å²) in [6.07, 6.45) is 9.26. The van der Waals surface area contributed by atoms with E-state index in [0.717, 1.165) is 42.4 Å². The highest BCUT2D eigenvalue weighted by Crippen LogP contribution is 2.24. The third kappa shape index (κ3) is 6.15. The number of hydrazine groups is 1. The summed E-state index contributed by atoms with van der Waals surface area (Å²) < 4.78 is 0. The minimum absolute atomic E-state index is 0.0988. The van der Waals surface area contributed by atoms with E-state index in [0.29, 0.717) is 0 Å². The lowest BCUT2D eigenvalue weighted by Gasteiger charge is -2.39. The molecule has 0 saturated carbocycles. The van der Waals surface area contributed by atoms with E-state index < -0.39 is 0 Å². The lowest BCUT2D eigenvalue weighted by Crippen LogP contribution is -2.57. The molecule has 2 aromatic rings. The van der Waals surface area contributed by atoms with Gasteiger partial charge in [0.1, 0.15) is 5.82 Å². The van der Waals surface area contributed by atoms with Crippen LogP contribution in [0.1, 0.15) is 26.3 Å². The molecule has 3 rings (SSSR count). The van der Waals surface area contributed by atoms with Crippen molar-refractivity contribution >= 4 is 29.6 Å². The molecule has 0 atom stereocenters. The summed E-state index contributed by atoms with van der Waals surface area (Å²) in [5.74, 6) is 1.00. The molecule has 0 aliphatic carbocycles. The molecule has 2 N–H and O–H groups in total. The average molecular weight is 406 g/mol. The van der Waals surface area contributed by atoms with Gasteiger partial charge in [0, 0.05) is 50.2 Å². The highest BCUT2D eigenvalue weighted by molar-refractivity contribution is 5.80. The van der Waals surface area contributed by atoms with Crippen LogP contribution in [0.3, 0.4) is 0 Å². The predicted molar refractivity (Wildman–Crippen MR) is 127 cm³/mol. The molecule has 158 valence electrons. The van der Waals surface area contributed by atoms with Crippen molar-refractivity contribution < 1.29 is 0 Å². The quantitative estimate of drug-likeness (QED) is 0.541. The molecule has 1 fully saturated rings. The molecule has 0 bridgehead atoms. The van der Waals surface area contributed by atoms with Gasteiger partial charge >= 0.3 is 0 Å². The van der Waals surface area contributed by atoms with Crippen LogP contribution in [0.2, 0.25) is 0 Å². The third-order valence-corrected chi connectivity index (χ3v) is 4.72. The molecule has 0 unspecified atom stereocenters. The topological polar surface area (TPSA) is 68.2 Å². The van der Waals surface area contributed by atoms with Gasteiger partial charge in [0.25, 0.3) is 0 Å². The first-order valence-corrected chi connectivity index (χ1v) is 10.2. The number of pyridine rings is 1. The Bertz CT molecular complexity index is 900. The number of nitrogens with one attached hydrogen (secondary N) is 2. The number of rotatable bonds is 7. The molecule has 1 aromatic heterocycles. The molecule has 1 aliphatic rings. The molecule has 7 heteroatoms. The maximum absolute atomic E-state index is 4.63. The molecular weight excluding hydrogens is 374 g/mol. The van der Waals surface area contributed by atoms with Crippen LogP contribution in [0.5, 0.6) is 0 Å². The Hall–Kier alpha value is -3.19. The van der Waals surface area contributed by atoms with Crippen LogP contribution in [0.15, 0.2) is 64.8 Å². The lowest BCUT2D eigenvalue weighted by molar-refractivity contribution is 0.352. The second kappa shape index (κ2) is 10.0. The molecule has 1 saturated heterocycles. The van der Waals surface area contributed by atoms with Crippen molar-refractivity contribution in [1.82, 2.24) is 15.4 Å². The Balaban J connectivity index is 1.61. The number of hydrogen-bond donors (Lipinski definition) is 2. The first-order valence-electron chi connectivity index (χ1n) is 10.2. The number of nitrogens with zero attached hydrogens (tertiary/aromatic N) is 5. The van der Waals surface area contributed by atoms with Gasteiger partial charge in [-0.3, -0.25) is 10.4 Å². The van der Waals surface area contributed by atoms with E-state index >= 15 is 0 Å². The van der Waals surface area contributed by atoms with E-state index in [-0.39, 0.29) is 5.54 Å². The molecule has 1 aromatic carbocycles. The molecule has 0 spiro atoms. The number of aliphatic imine (C=N–C) groups is 1. The molecule has 0 radical (unpaired) electrons. The standard InChI is InChI=1S/C23H31N7/c1-5-6-13-24-20-9-7-8-10-21(20)28-29(4)27-17-19-11-12-22(25-16-19)30-15-14-26-23(2,3)18-30/h5-13,16-17,26,28H,14-15,18H2,1-4H3/b6-5+,24-13?,27-17+. The van der Waals surface area contributed by atoms with Crippen LogP contribution < -0.4 is 15.6 Å². The Morgan fingerprint density at radius 2 is 2.07 bits per heavy atom.